The predicted molar refractivity (Wildman–Crippen MR) is 96.4 cm³/mol. The van der Waals surface area contributed by atoms with Gasteiger partial charge in [0, 0.05) is 28.8 Å². The summed E-state index contributed by atoms with van der Waals surface area (Å²) < 4.78 is 35.9. The Morgan fingerprint density at radius 1 is 0.960 bits per heavy atom. The van der Waals surface area contributed by atoms with Crippen LogP contribution in [0.3, 0.4) is 0 Å². The van der Waals surface area contributed by atoms with Crippen molar-refractivity contribution in [3.63, 3.8) is 0 Å². The molecule has 0 aliphatic carbocycles. The molecule has 25 heavy (non-hydrogen) atoms. The lowest BCUT2D eigenvalue weighted by atomic mass is 10.2. The van der Waals surface area contributed by atoms with Crippen LogP contribution in [0.4, 0.5) is 0 Å². The summed E-state index contributed by atoms with van der Waals surface area (Å²) in [6, 6.07) is 12.0. The van der Waals surface area contributed by atoms with E-state index in [1.165, 1.54) is 6.26 Å². The van der Waals surface area contributed by atoms with Gasteiger partial charge < -0.3 is 14.2 Å². The maximum Gasteiger partial charge on any atom is 0.162 e. The molecule has 1 N–H and O–H groups in total. The minimum atomic E-state index is -2.74. The number of hydrogen-bond acceptors (Lipinski definition) is 6. The topological polar surface area (TPSA) is 81.5 Å². The Bertz CT molecular complexity index is 1020. The van der Waals surface area contributed by atoms with Crippen LogP contribution < -0.4 is 14.2 Å². The number of nitrogens with zero attached hydrogens (tertiary/aromatic N) is 1. The van der Waals surface area contributed by atoms with Gasteiger partial charge in [-0.1, -0.05) is 0 Å². The van der Waals surface area contributed by atoms with E-state index in [-0.39, 0.29) is 0 Å². The summed E-state index contributed by atoms with van der Waals surface area (Å²) in [6.45, 7) is 0. The Hall–Kier alpha value is -2.80. The number of rotatable bonds is 5. The predicted octanol–water partition coefficient (Wildman–Crippen LogP) is 4.08. The molecule has 1 atom stereocenters. The van der Waals surface area contributed by atoms with E-state index >= 15 is 0 Å². The van der Waals surface area contributed by atoms with Gasteiger partial charge in [0.15, 0.2) is 11.5 Å². The molecule has 7 heteroatoms. The van der Waals surface area contributed by atoms with Crippen molar-refractivity contribution in [1.29, 1.82) is 4.78 Å². The molecule has 0 radical (unpaired) electrons. The Balaban J connectivity index is 2.01. The summed E-state index contributed by atoms with van der Waals surface area (Å²) in [6.07, 6.45) is 3.04. The monoisotopic (exact) mass is 358 g/mol. The SMILES string of the molecule is COc1cc2nccc(Oc3ccc([S@](C)(=N)=O)cc3)c2cc1OC. The average Bonchev–Trinajstić information content (AvgIpc) is 2.60. The molecule has 0 unspecified atom stereocenters. The molecule has 6 nitrogen and oxygen atoms in total. The summed E-state index contributed by atoms with van der Waals surface area (Å²) in [7, 11) is 0.405. The fourth-order valence-electron chi connectivity index (χ4n) is 2.43. The van der Waals surface area contributed by atoms with Crippen molar-refractivity contribution >= 4 is 20.6 Å². The normalized spacial score (nSPS) is 13.2. The summed E-state index contributed by atoms with van der Waals surface area (Å²) in [5.74, 6) is 2.37. The lowest BCUT2D eigenvalue weighted by molar-refractivity contribution is 0.355. The maximum atomic E-state index is 11.8. The number of nitrogens with one attached hydrogen (secondary N) is 1. The zero-order chi connectivity index (χ0) is 18.0. The van der Waals surface area contributed by atoms with Gasteiger partial charge in [0.1, 0.15) is 11.5 Å². The maximum absolute atomic E-state index is 11.8. The fraction of sp³-hybridized carbons (Fsp3) is 0.167. The highest BCUT2D eigenvalue weighted by Gasteiger charge is 2.11. The van der Waals surface area contributed by atoms with E-state index in [0.717, 1.165) is 10.9 Å². The van der Waals surface area contributed by atoms with Crippen LogP contribution in [-0.2, 0) is 9.73 Å². The molecule has 1 heterocycles. The number of methoxy groups -OCH3 is 2. The minimum Gasteiger partial charge on any atom is -0.493 e. The number of pyridine rings is 1. The van der Waals surface area contributed by atoms with Crippen molar-refractivity contribution < 1.29 is 18.4 Å². The van der Waals surface area contributed by atoms with Crippen molar-refractivity contribution in [3.8, 4) is 23.0 Å². The number of hydrogen-bond donors (Lipinski definition) is 1. The third kappa shape index (κ3) is 3.51. The number of fused-ring (bicyclic) bond motifs is 1. The van der Waals surface area contributed by atoms with E-state index < -0.39 is 9.73 Å². The molecule has 1 aromatic heterocycles. The van der Waals surface area contributed by atoms with Crippen molar-refractivity contribution in [2.45, 2.75) is 4.90 Å². The van der Waals surface area contributed by atoms with Gasteiger partial charge in [0.25, 0.3) is 0 Å². The van der Waals surface area contributed by atoms with Gasteiger partial charge in [-0.15, -0.1) is 0 Å². The molecule has 130 valence electrons. The van der Waals surface area contributed by atoms with E-state index in [9.17, 15) is 4.21 Å². The van der Waals surface area contributed by atoms with Crippen molar-refractivity contribution in [2.75, 3.05) is 20.5 Å². The molecule has 3 rings (SSSR count). The van der Waals surface area contributed by atoms with Crippen LogP contribution in [-0.4, -0.2) is 29.7 Å². The number of benzene rings is 2. The highest BCUT2D eigenvalue weighted by Crippen LogP contribution is 2.36. The van der Waals surface area contributed by atoms with Gasteiger partial charge in [-0.05, 0) is 36.4 Å². The van der Waals surface area contributed by atoms with Crippen LogP contribution in [0.25, 0.3) is 10.9 Å². The van der Waals surface area contributed by atoms with Crippen LogP contribution in [0.15, 0.2) is 53.6 Å². The molecule has 0 spiro atoms. The van der Waals surface area contributed by atoms with Gasteiger partial charge >= 0.3 is 0 Å². The van der Waals surface area contributed by atoms with Crippen LogP contribution in [0.5, 0.6) is 23.0 Å². The first-order valence-electron chi connectivity index (χ1n) is 7.45. The minimum absolute atomic E-state index is 0.464. The Labute approximate surface area is 146 Å². The standard InChI is InChI=1S/C18H18N2O4S/c1-22-17-10-14-15(11-18(17)23-2)20-9-8-16(14)24-12-4-6-13(7-5-12)25(3,19)21/h4-11,19H,1-3H3/t25-/m1/s1. The van der Waals surface area contributed by atoms with Crippen molar-refractivity contribution in [1.82, 2.24) is 4.98 Å². The Morgan fingerprint density at radius 2 is 1.60 bits per heavy atom. The molecule has 0 bridgehead atoms. The molecule has 0 saturated carbocycles. The van der Waals surface area contributed by atoms with E-state index in [1.807, 2.05) is 6.07 Å². The fourth-order valence-corrected chi connectivity index (χ4v) is 3.09. The highest BCUT2D eigenvalue weighted by atomic mass is 32.2. The molecule has 0 amide bonds. The second kappa shape index (κ2) is 6.60. The van der Waals surface area contributed by atoms with Crippen molar-refractivity contribution in [2.24, 2.45) is 0 Å². The van der Waals surface area contributed by atoms with Gasteiger partial charge in [-0.25, -0.2) is 8.99 Å². The van der Waals surface area contributed by atoms with Gasteiger partial charge in [-0.2, -0.15) is 0 Å². The second-order valence-corrected chi connectivity index (χ2v) is 7.61. The number of ether oxygens (including phenoxy) is 3. The Morgan fingerprint density at radius 3 is 2.20 bits per heavy atom. The lowest BCUT2D eigenvalue weighted by Gasteiger charge is -2.12. The van der Waals surface area contributed by atoms with Crippen LogP contribution >= 0.6 is 0 Å². The second-order valence-electron chi connectivity index (χ2n) is 5.45. The molecular formula is C18H18N2O4S. The molecule has 2 aromatic carbocycles. The Kier molecular flexibility index (Phi) is 4.50. The quantitative estimate of drug-likeness (QED) is 0.743. The zero-order valence-electron chi connectivity index (χ0n) is 14.1. The molecule has 0 saturated heterocycles. The summed E-state index contributed by atoms with van der Waals surface area (Å²) in [4.78, 5) is 4.80. The summed E-state index contributed by atoms with van der Waals surface area (Å²) in [5.41, 5.74) is 0.717. The van der Waals surface area contributed by atoms with Gasteiger partial charge in [0.2, 0.25) is 0 Å². The van der Waals surface area contributed by atoms with E-state index in [2.05, 4.69) is 4.98 Å². The molecule has 0 aliphatic rings. The van der Waals surface area contributed by atoms with Crippen LogP contribution in [0, 0.1) is 4.78 Å². The van der Waals surface area contributed by atoms with E-state index in [1.54, 1.807) is 56.8 Å². The van der Waals surface area contributed by atoms with Crippen molar-refractivity contribution in [3.05, 3.63) is 48.7 Å². The third-order valence-electron chi connectivity index (χ3n) is 3.71. The molecule has 0 aliphatic heterocycles. The van der Waals surface area contributed by atoms with Crippen LogP contribution in [0.2, 0.25) is 0 Å². The first-order chi connectivity index (χ1) is 11.9. The summed E-state index contributed by atoms with van der Waals surface area (Å²) >= 11 is 0. The first-order valence-corrected chi connectivity index (χ1v) is 9.41. The smallest absolute Gasteiger partial charge is 0.162 e. The molecule has 0 fully saturated rings. The van der Waals surface area contributed by atoms with E-state index in [0.29, 0.717) is 27.9 Å². The molecular weight excluding hydrogens is 340 g/mol. The highest BCUT2D eigenvalue weighted by molar-refractivity contribution is 7.91. The number of aromatic nitrogens is 1. The first kappa shape index (κ1) is 17.0. The average molecular weight is 358 g/mol. The van der Waals surface area contributed by atoms with Gasteiger partial charge in [0.05, 0.1) is 29.5 Å². The summed E-state index contributed by atoms with van der Waals surface area (Å²) in [5, 5.41) is 0.781. The lowest BCUT2D eigenvalue weighted by Crippen LogP contribution is -1.95. The van der Waals surface area contributed by atoms with E-state index in [4.69, 9.17) is 19.0 Å². The van der Waals surface area contributed by atoms with Gasteiger partial charge in [-0.3, -0.25) is 4.98 Å². The molecule has 3 aromatic rings. The van der Waals surface area contributed by atoms with Crippen LogP contribution in [0.1, 0.15) is 0 Å². The third-order valence-corrected chi connectivity index (χ3v) is 4.88. The largest absolute Gasteiger partial charge is 0.493 e. The zero-order valence-corrected chi connectivity index (χ0v) is 14.9.